The smallest absolute Gasteiger partial charge is 0.161 e. The molecule has 0 unspecified atom stereocenters. The summed E-state index contributed by atoms with van der Waals surface area (Å²) in [7, 11) is 0. The Morgan fingerprint density at radius 3 is 2.80 bits per heavy atom. The summed E-state index contributed by atoms with van der Waals surface area (Å²) in [6.07, 6.45) is 2.77. The Morgan fingerprint density at radius 2 is 2.13 bits per heavy atom. The van der Waals surface area contributed by atoms with Gasteiger partial charge in [-0.2, -0.15) is 0 Å². The van der Waals surface area contributed by atoms with E-state index in [2.05, 4.69) is 10.7 Å². The van der Waals surface area contributed by atoms with Crippen molar-refractivity contribution in [1.29, 1.82) is 0 Å². The van der Waals surface area contributed by atoms with E-state index < -0.39 is 0 Å². The van der Waals surface area contributed by atoms with Crippen molar-refractivity contribution in [2.75, 3.05) is 6.54 Å². The van der Waals surface area contributed by atoms with E-state index in [1.807, 2.05) is 6.20 Å². The summed E-state index contributed by atoms with van der Waals surface area (Å²) in [6, 6.07) is 1.55. The number of aromatic amines is 1. The van der Waals surface area contributed by atoms with E-state index in [0.717, 1.165) is 35.0 Å². The number of nitrogens with one attached hydrogen (secondary N) is 1. The topological polar surface area (TPSA) is 83.9 Å². The molecule has 0 bridgehead atoms. The summed E-state index contributed by atoms with van der Waals surface area (Å²) in [6.45, 7) is 2.62. The SMILES string of the molecule is Cc1c(O)c(O)cc2[nH]cc(CC[NH3+])c12. The molecule has 0 fully saturated rings. The molecule has 0 spiro atoms. The van der Waals surface area contributed by atoms with Crippen LogP contribution in [0.2, 0.25) is 0 Å². The largest absolute Gasteiger partial charge is 0.504 e. The third-order valence-corrected chi connectivity index (χ3v) is 2.69. The van der Waals surface area contributed by atoms with Crippen LogP contribution in [0.3, 0.4) is 0 Å². The highest BCUT2D eigenvalue weighted by atomic mass is 16.3. The van der Waals surface area contributed by atoms with Gasteiger partial charge in [-0.05, 0) is 12.5 Å². The Bertz CT molecular complexity index is 503. The second kappa shape index (κ2) is 3.47. The van der Waals surface area contributed by atoms with E-state index in [1.54, 1.807) is 13.0 Å². The minimum atomic E-state index is -0.0805. The van der Waals surface area contributed by atoms with Gasteiger partial charge in [-0.25, -0.2) is 0 Å². The number of aromatic hydroxyl groups is 2. The molecule has 1 aromatic carbocycles. The highest BCUT2D eigenvalue weighted by molar-refractivity contribution is 5.90. The number of aromatic nitrogens is 1. The Morgan fingerprint density at radius 1 is 1.40 bits per heavy atom. The number of hydrogen-bond donors (Lipinski definition) is 4. The summed E-state index contributed by atoms with van der Waals surface area (Å²) < 4.78 is 0. The minimum absolute atomic E-state index is 0.0348. The molecule has 0 aliphatic rings. The average Bonchev–Trinajstić information content (AvgIpc) is 2.59. The number of fused-ring (bicyclic) bond motifs is 1. The van der Waals surface area contributed by atoms with Crippen LogP contribution in [0.1, 0.15) is 11.1 Å². The third kappa shape index (κ3) is 1.43. The van der Waals surface area contributed by atoms with Crippen LogP contribution >= 0.6 is 0 Å². The lowest BCUT2D eigenvalue weighted by molar-refractivity contribution is -0.366. The van der Waals surface area contributed by atoms with Crippen LogP contribution in [0.25, 0.3) is 10.9 Å². The van der Waals surface area contributed by atoms with Crippen molar-refractivity contribution in [1.82, 2.24) is 4.98 Å². The second-order valence-corrected chi connectivity index (χ2v) is 3.71. The van der Waals surface area contributed by atoms with Crippen molar-refractivity contribution in [2.45, 2.75) is 13.3 Å². The third-order valence-electron chi connectivity index (χ3n) is 2.69. The van der Waals surface area contributed by atoms with Gasteiger partial charge in [-0.1, -0.05) is 0 Å². The maximum absolute atomic E-state index is 9.64. The number of rotatable bonds is 2. The van der Waals surface area contributed by atoms with E-state index in [-0.39, 0.29) is 11.5 Å². The van der Waals surface area contributed by atoms with Crippen LogP contribution in [0, 0.1) is 6.92 Å². The predicted octanol–water partition coefficient (Wildman–Crippen LogP) is 0.672. The number of phenolic OH excluding ortho intramolecular Hbond substituents is 2. The Hall–Kier alpha value is -1.68. The van der Waals surface area contributed by atoms with Crippen LogP contribution in [0.5, 0.6) is 11.5 Å². The highest BCUT2D eigenvalue weighted by Gasteiger charge is 2.13. The fraction of sp³-hybridized carbons (Fsp3) is 0.273. The molecule has 15 heavy (non-hydrogen) atoms. The minimum Gasteiger partial charge on any atom is -0.504 e. The molecule has 0 amide bonds. The Balaban J connectivity index is 2.74. The fourth-order valence-electron chi connectivity index (χ4n) is 1.94. The zero-order valence-corrected chi connectivity index (χ0v) is 8.67. The van der Waals surface area contributed by atoms with Gasteiger partial charge in [-0.15, -0.1) is 0 Å². The average molecular weight is 207 g/mol. The van der Waals surface area contributed by atoms with Gasteiger partial charge in [0, 0.05) is 35.2 Å². The van der Waals surface area contributed by atoms with E-state index in [4.69, 9.17) is 0 Å². The highest BCUT2D eigenvalue weighted by Crippen LogP contribution is 2.36. The van der Waals surface area contributed by atoms with Gasteiger partial charge in [0.1, 0.15) is 0 Å². The summed E-state index contributed by atoms with van der Waals surface area (Å²) in [5, 5.41) is 20.1. The number of phenols is 2. The molecule has 0 atom stereocenters. The van der Waals surface area contributed by atoms with Gasteiger partial charge in [0.15, 0.2) is 11.5 Å². The lowest BCUT2D eigenvalue weighted by atomic mass is 10.0. The lowest BCUT2D eigenvalue weighted by Crippen LogP contribution is -2.51. The summed E-state index contributed by atoms with van der Waals surface area (Å²) in [5.74, 6) is -0.115. The van der Waals surface area contributed by atoms with Crippen molar-refractivity contribution in [3.8, 4) is 11.5 Å². The zero-order valence-electron chi connectivity index (χ0n) is 8.67. The number of H-pyrrole nitrogens is 1. The van der Waals surface area contributed by atoms with Crippen molar-refractivity contribution >= 4 is 10.9 Å². The molecule has 0 aliphatic heterocycles. The number of quaternary nitrogens is 1. The second-order valence-electron chi connectivity index (χ2n) is 3.71. The standard InChI is InChI=1S/C11H14N2O2/c1-6-10-7(2-3-12)5-13-8(10)4-9(14)11(6)15/h4-5,13-15H,2-3,12H2,1H3/p+1. The zero-order chi connectivity index (χ0) is 11.0. The normalized spacial score (nSPS) is 11.1. The fourth-order valence-corrected chi connectivity index (χ4v) is 1.94. The van der Waals surface area contributed by atoms with E-state index in [0.29, 0.717) is 0 Å². The maximum atomic E-state index is 9.64. The van der Waals surface area contributed by atoms with Gasteiger partial charge in [-0.3, -0.25) is 0 Å². The summed E-state index contributed by atoms with van der Waals surface area (Å²) >= 11 is 0. The molecule has 1 aromatic heterocycles. The van der Waals surface area contributed by atoms with Crippen molar-refractivity contribution < 1.29 is 15.9 Å². The molecular weight excluding hydrogens is 192 g/mol. The predicted molar refractivity (Wildman–Crippen MR) is 57.8 cm³/mol. The molecule has 0 aliphatic carbocycles. The molecule has 2 aromatic rings. The van der Waals surface area contributed by atoms with E-state index in [9.17, 15) is 10.2 Å². The van der Waals surface area contributed by atoms with Crippen LogP contribution in [0.4, 0.5) is 0 Å². The van der Waals surface area contributed by atoms with E-state index >= 15 is 0 Å². The van der Waals surface area contributed by atoms with Gasteiger partial charge in [0.05, 0.1) is 6.54 Å². The first kappa shape index (κ1) is 9.86. The molecule has 80 valence electrons. The van der Waals surface area contributed by atoms with Gasteiger partial charge >= 0.3 is 0 Å². The van der Waals surface area contributed by atoms with Crippen LogP contribution in [-0.2, 0) is 6.42 Å². The molecule has 1 heterocycles. The van der Waals surface area contributed by atoms with Crippen molar-refractivity contribution in [3.05, 3.63) is 23.4 Å². The van der Waals surface area contributed by atoms with E-state index in [1.165, 1.54) is 0 Å². The number of hydrogen-bond acceptors (Lipinski definition) is 2. The molecule has 4 nitrogen and oxygen atoms in total. The van der Waals surface area contributed by atoms with Crippen molar-refractivity contribution in [2.24, 2.45) is 0 Å². The number of benzene rings is 1. The Labute approximate surface area is 87.3 Å². The molecule has 0 saturated carbocycles. The lowest BCUT2D eigenvalue weighted by Gasteiger charge is -2.05. The number of aryl methyl sites for hydroxylation is 1. The molecule has 4 heteroatoms. The summed E-state index contributed by atoms with van der Waals surface area (Å²) in [5.41, 5.74) is 6.51. The van der Waals surface area contributed by atoms with Crippen LogP contribution in [-0.4, -0.2) is 21.7 Å². The molecular formula is C11H15N2O2+. The van der Waals surface area contributed by atoms with Gasteiger partial charge in [0.25, 0.3) is 0 Å². The first-order chi connectivity index (χ1) is 7.15. The van der Waals surface area contributed by atoms with Crippen LogP contribution in [0.15, 0.2) is 12.3 Å². The summed E-state index contributed by atoms with van der Waals surface area (Å²) in [4.78, 5) is 3.08. The monoisotopic (exact) mass is 207 g/mol. The first-order valence-corrected chi connectivity index (χ1v) is 4.96. The first-order valence-electron chi connectivity index (χ1n) is 4.96. The Kier molecular flexibility index (Phi) is 2.28. The quantitative estimate of drug-likeness (QED) is 0.546. The van der Waals surface area contributed by atoms with Crippen LogP contribution < -0.4 is 5.73 Å². The van der Waals surface area contributed by atoms with Crippen molar-refractivity contribution in [3.63, 3.8) is 0 Å². The van der Waals surface area contributed by atoms with Gasteiger partial charge < -0.3 is 20.9 Å². The van der Waals surface area contributed by atoms with Gasteiger partial charge in [0.2, 0.25) is 0 Å². The molecule has 6 N–H and O–H groups in total. The maximum Gasteiger partial charge on any atom is 0.161 e. The molecule has 2 rings (SSSR count). The molecule has 0 radical (unpaired) electrons. The molecule has 0 saturated heterocycles.